The molecule has 3 aromatic carbocycles. The molecule has 218 valence electrons. The van der Waals surface area contributed by atoms with E-state index in [-0.39, 0.29) is 10.8 Å². The number of morpholine rings is 1. The van der Waals surface area contributed by atoms with Crippen LogP contribution >= 0.6 is 0 Å². The SMILES string of the molecule is Cc1ccc(S(=O)(=O)Nc2ccc(N3CCN(Cc4ccccc4)CC3)c(C(=O)NCCN3CCOCC3)c2)cc1. The molecule has 0 saturated carbocycles. The van der Waals surface area contributed by atoms with Crippen molar-refractivity contribution in [2.24, 2.45) is 0 Å². The lowest BCUT2D eigenvalue weighted by atomic mass is 10.1. The van der Waals surface area contributed by atoms with Gasteiger partial charge in [-0.2, -0.15) is 0 Å². The molecule has 0 unspecified atom stereocenters. The monoisotopic (exact) mass is 577 g/mol. The molecule has 0 spiro atoms. The number of piperazine rings is 1. The van der Waals surface area contributed by atoms with Crippen molar-refractivity contribution >= 4 is 27.3 Å². The highest BCUT2D eigenvalue weighted by Gasteiger charge is 2.24. The number of nitrogens with zero attached hydrogens (tertiary/aromatic N) is 3. The lowest BCUT2D eigenvalue weighted by Gasteiger charge is -2.37. The van der Waals surface area contributed by atoms with E-state index >= 15 is 0 Å². The summed E-state index contributed by atoms with van der Waals surface area (Å²) in [7, 11) is -3.80. The summed E-state index contributed by atoms with van der Waals surface area (Å²) in [6, 6.07) is 22.4. The Kier molecular flexibility index (Phi) is 9.56. The summed E-state index contributed by atoms with van der Waals surface area (Å²) in [5, 5.41) is 3.06. The average molecular weight is 578 g/mol. The van der Waals surface area contributed by atoms with E-state index in [2.05, 4.69) is 49.0 Å². The summed E-state index contributed by atoms with van der Waals surface area (Å²) < 4.78 is 34.2. The van der Waals surface area contributed by atoms with Crippen LogP contribution in [-0.2, 0) is 21.3 Å². The molecule has 0 aromatic heterocycles. The molecule has 0 bridgehead atoms. The Morgan fingerprint density at radius 1 is 0.854 bits per heavy atom. The fourth-order valence-electron chi connectivity index (χ4n) is 5.22. The highest BCUT2D eigenvalue weighted by molar-refractivity contribution is 7.92. The molecule has 2 aliphatic rings. The van der Waals surface area contributed by atoms with E-state index in [9.17, 15) is 13.2 Å². The third-order valence-corrected chi connectivity index (χ3v) is 9.00. The van der Waals surface area contributed by atoms with Crippen LogP contribution in [0.5, 0.6) is 0 Å². The molecule has 0 aliphatic carbocycles. The predicted octanol–water partition coefficient (Wildman–Crippen LogP) is 3.18. The van der Waals surface area contributed by atoms with Gasteiger partial charge in [0.25, 0.3) is 15.9 Å². The number of aryl methyl sites for hydroxylation is 1. The molecule has 2 saturated heterocycles. The quantitative estimate of drug-likeness (QED) is 0.382. The van der Waals surface area contributed by atoms with Crippen LogP contribution in [0.3, 0.4) is 0 Å². The summed E-state index contributed by atoms with van der Waals surface area (Å²) in [5.41, 5.74) is 3.90. The molecule has 2 heterocycles. The summed E-state index contributed by atoms with van der Waals surface area (Å²) in [6.07, 6.45) is 0. The molecular weight excluding hydrogens is 538 g/mol. The molecule has 9 nitrogen and oxygen atoms in total. The number of hydrogen-bond donors (Lipinski definition) is 2. The Bertz CT molecular complexity index is 1400. The van der Waals surface area contributed by atoms with Crippen LogP contribution in [0, 0.1) is 6.92 Å². The molecule has 10 heteroatoms. The van der Waals surface area contributed by atoms with Crippen molar-refractivity contribution in [2.45, 2.75) is 18.4 Å². The minimum absolute atomic E-state index is 0.179. The maximum Gasteiger partial charge on any atom is 0.261 e. The Hall–Kier alpha value is -3.44. The van der Waals surface area contributed by atoms with E-state index in [0.29, 0.717) is 31.0 Å². The normalized spacial score (nSPS) is 16.9. The van der Waals surface area contributed by atoms with Crippen molar-refractivity contribution in [3.63, 3.8) is 0 Å². The summed E-state index contributed by atoms with van der Waals surface area (Å²) in [6.45, 7) is 10.4. The number of nitrogens with one attached hydrogen (secondary N) is 2. The van der Waals surface area contributed by atoms with E-state index in [1.54, 1.807) is 36.4 Å². The van der Waals surface area contributed by atoms with Crippen molar-refractivity contribution < 1.29 is 17.9 Å². The fraction of sp³-hybridized carbons (Fsp3) is 0.387. The van der Waals surface area contributed by atoms with Crippen LogP contribution < -0.4 is 14.9 Å². The largest absolute Gasteiger partial charge is 0.379 e. The first kappa shape index (κ1) is 29.1. The Balaban J connectivity index is 1.31. The van der Waals surface area contributed by atoms with Gasteiger partial charge in [-0.25, -0.2) is 8.42 Å². The number of carbonyl (C=O) groups excluding carboxylic acids is 1. The van der Waals surface area contributed by atoms with Crippen molar-refractivity contribution in [2.75, 3.05) is 75.2 Å². The summed E-state index contributed by atoms with van der Waals surface area (Å²) in [5.74, 6) is -0.212. The van der Waals surface area contributed by atoms with Gasteiger partial charge in [-0.3, -0.25) is 19.3 Å². The minimum Gasteiger partial charge on any atom is -0.379 e. The number of ether oxygens (including phenoxy) is 1. The van der Waals surface area contributed by atoms with Gasteiger partial charge in [-0.05, 0) is 42.8 Å². The van der Waals surface area contributed by atoms with Crippen LogP contribution in [0.4, 0.5) is 11.4 Å². The third kappa shape index (κ3) is 7.85. The first-order valence-corrected chi connectivity index (χ1v) is 15.7. The smallest absolute Gasteiger partial charge is 0.261 e. The number of rotatable bonds is 10. The maximum atomic E-state index is 13.5. The van der Waals surface area contributed by atoms with Crippen LogP contribution in [-0.4, -0.2) is 89.7 Å². The zero-order valence-electron chi connectivity index (χ0n) is 23.6. The van der Waals surface area contributed by atoms with Gasteiger partial charge in [-0.1, -0.05) is 48.0 Å². The second-order valence-corrected chi connectivity index (χ2v) is 12.3. The van der Waals surface area contributed by atoms with Gasteiger partial charge in [-0.15, -0.1) is 0 Å². The fourth-order valence-corrected chi connectivity index (χ4v) is 6.27. The van der Waals surface area contributed by atoms with E-state index < -0.39 is 10.0 Å². The lowest BCUT2D eigenvalue weighted by molar-refractivity contribution is 0.0383. The molecule has 3 aromatic rings. The number of carbonyl (C=O) groups is 1. The van der Waals surface area contributed by atoms with Crippen LogP contribution in [0.1, 0.15) is 21.5 Å². The maximum absolute atomic E-state index is 13.5. The summed E-state index contributed by atoms with van der Waals surface area (Å²) in [4.78, 5) is 20.6. The molecular formula is C31H39N5O4S. The Morgan fingerprint density at radius 2 is 1.56 bits per heavy atom. The van der Waals surface area contributed by atoms with Gasteiger partial charge >= 0.3 is 0 Å². The number of benzene rings is 3. The summed E-state index contributed by atoms with van der Waals surface area (Å²) >= 11 is 0. The van der Waals surface area contributed by atoms with Crippen LogP contribution in [0.2, 0.25) is 0 Å². The van der Waals surface area contributed by atoms with Crippen molar-refractivity contribution in [3.8, 4) is 0 Å². The van der Waals surface area contributed by atoms with E-state index in [4.69, 9.17) is 4.74 Å². The van der Waals surface area contributed by atoms with E-state index in [1.165, 1.54) is 5.56 Å². The van der Waals surface area contributed by atoms with Crippen LogP contribution in [0.25, 0.3) is 0 Å². The Labute approximate surface area is 243 Å². The van der Waals surface area contributed by atoms with E-state index in [0.717, 1.165) is 63.6 Å². The average Bonchev–Trinajstić information content (AvgIpc) is 2.99. The molecule has 2 aliphatic heterocycles. The second-order valence-electron chi connectivity index (χ2n) is 10.6. The standard InChI is InChI=1S/C31H39N5O4S/c1-25-7-10-28(11-8-25)41(38,39)33-27-9-12-30(29(23-27)31(37)32-13-14-34-19-21-40-22-20-34)36-17-15-35(16-18-36)24-26-5-3-2-4-6-26/h2-12,23,33H,13-22,24H2,1H3,(H,32,37). The molecule has 2 fully saturated rings. The van der Waals surface area contributed by atoms with Crippen molar-refractivity contribution in [1.82, 2.24) is 15.1 Å². The highest BCUT2D eigenvalue weighted by atomic mass is 32.2. The topological polar surface area (TPSA) is 94.2 Å². The van der Waals surface area contributed by atoms with Gasteiger partial charge in [0.05, 0.1) is 23.7 Å². The first-order chi connectivity index (χ1) is 19.9. The molecule has 0 radical (unpaired) electrons. The number of sulfonamides is 1. The highest BCUT2D eigenvalue weighted by Crippen LogP contribution is 2.27. The van der Waals surface area contributed by atoms with Gasteiger partial charge in [0.2, 0.25) is 0 Å². The predicted molar refractivity (Wildman–Crippen MR) is 162 cm³/mol. The van der Waals surface area contributed by atoms with Crippen LogP contribution in [0.15, 0.2) is 77.7 Å². The van der Waals surface area contributed by atoms with Crippen molar-refractivity contribution in [3.05, 3.63) is 89.5 Å². The molecule has 2 N–H and O–H groups in total. The van der Waals surface area contributed by atoms with Crippen molar-refractivity contribution in [1.29, 1.82) is 0 Å². The zero-order valence-corrected chi connectivity index (χ0v) is 24.4. The molecule has 5 rings (SSSR count). The number of amides is 1. The van der Waals surface area contributed by atoms with E-state index in [1.807, 2.05) is 19.1 Å². The minimum atomic E-state index is -3.80. The zero-order chi connectivity index (χ0) is 28.7. The molecule has 41 heavy (non-hydrogen) atoms. The molecule has 1 amide bonds. The second kappa shape index (κ2) is 13.5. The number of anilines is 2. The van der Waals surface area contributed by atoms with Gasteiger partial charge in [0.1, 0.15) is 0 Å². The molecule has 0 atom stereocenters. The third-order valence-electron chi connectivity index (χ3n) is 7.60. The number of hydrogen-bond acceptors (Lipinski definition) is 7. The Morgan fingerprint density at radius 3 is 2.27 bits per heavy atom. The van der Waals surface area contributed by atoms with Gasteiger partial charge in [0, 0.05) is 70.3 Å². The van der Waals surface area contributed by atoms with Gasteiger partial charge in [0.15, 0.2) is 0 Å². The first-order valence-electron chi connectivity index (χ1n) is 14.2. The lowest BCUT2D eigenvalue weighted by Crippen LogP contribution is -2.46. The van der Waals surface area contributed by atoms with Gasteiger partial charge < -0.3 is 15.0 Å².